The number of nitrogens with two attached hydrogens (primary N) is 1. The molecule has 0 unspecified atom stereocenters. The first-order valence-corrected chi connectivity index (χ1v) is 6.97. The Morgan fingerprint density at radius 1 is 1.15 bits per heavy atom. The Labute approximate surface area is 128 Å². The molecule has 0 fully saturated rings. The third-order valence-corrected chi connectivity index (χ3v) is 3.51. The minimum Gasteiger partial charge on any atom is -0.497 e. The van der Waals surface area contributed by atoms with Crippen LogP contribution < -0.4 is 15.8 Å². The zero-order chi connectivity index (χ0) is 14.5. The lowest BCUT2D eigenvalue weighted by molar-refractivity contribution is 0.414. The third-order valence-electron chi connectivity index (χ3n) is 2.91. The number of anilines is 2. The fraction of sp³-hybridized carbons (Fsp3) is 0.200. The highest BCUT2D eigenvalue weighted by Crippen LogP contribution is 2.32. The van der Waals surface area contributed by atoms with Gasteiger partial charge in [0.15, 0.2) is 0 Å². The van der Waals surface area contributed by atoms with Crippen LogP contribution in [-0.4, -0.2) is 13.7 Å². The van der Waals surface area contributed by atoms with E-state index in [1.54, 1.807) is 19.2 Å². The molecule has 3 nitrogen and oxygen atoms in total. The van der Waals surface area contributed by atoms with Gasteiger partial charge in [-0.2, -0.15) is 0 Å². The molecule has 0 atom stereocenters. The van der Waals surface area contributed by atoms with E-state index in [0.717, 1.165) is 18.7 Å². The molecule has 3 N–H and O–H groups in total. The van der Waals surface area contributed by atoms with E-state index in [4.69, 9.17) is 33.7 Å². The molecule has 2 rings (SSSR count). The van der Waals surface area contributed by atoms with Crippen molar-refractivity contribution >= 4 is 34.6 Å². The Balaban J connectivity index is 1.99. The zero-order valence-electron chi connectivity index (χ0n) is 11.1. The molecule has 0 aliphatic rings. The molecule has 5 heteroatoms. The molecule has 0 aromatic heterocycles. The zero-order valence-corrected chi connectivity index (χ0v) is 12.6. The van der Waals surface area contributed by atoms with Crippen LogP contribution in [0.5, 0.6) is 5.75 Å². The van der Waals surface area contributed by atoms with Crippen LogP contribution >= 0.6 is 23.2 Å². The van der Waals surface area contributed by atoms with Crippen molar-refractivity contribution in [3.8, 4) is 5.75 Å². The monoisotopic (exact) mass is 310 g/mol. The fourth-order valence-electron chi connectivity index (χ4n) is 1.92. The van der Waals surface area contributed by atoms with E-state index in [1.165, 1.54) is 5.56 Å². The van der Waals surface area contributed by atoms with Crippen molar-refractivity contribution in [2.24, 2.45) is 0 Å². The second kappa shape index (κ2) is 6.73. The number of nitrogens with one attached hydrogen (secondary N) is 1. The van der Waals surface area contributed by atoms with E-state index in [2.05, 4.69) is 11.4 Å². The SMILES string of the molecule is COc1cccc(CCNc2c(Cl)cc(N)cc2Cl)c1. The van der Waals surface area contributed by atoms with E-state index < -0.39 is 0 Å². The van der Waals surface area contributed by atoms with Crippen LogP contribution in [0.15, 0.2) is 36.4 Å². The molecule has 0 aliphatic carbocycles. The van der Waals surface area contributed by atoms with Crippen molar-refractivity contribution in [2.45, 2.75) is 6.42 Å². The number of methoxy groups -OCH3 is 1. The fourth-order valence-corrected chi connectivity index (χ4v) is 2.56. The second-order valence-corrected chi connectivity index (χ2v) is 5.20. The van der Waals surface area contributed by atoms with Gasteiger partial charge < -0.3 is 15.8 Å². The average Bonchev–Trinajstić information content (AvgIpc) is 2.42. The maximum absolute atomic E-state index is 6.12. The van der Waals surface area contributed by atoms with Crippen molar-refractivity contribution in [3.05, 3.63) is 52.0 Å². The van der Waals surface area contributed by atoms with Crippen LogP contribution in [0.25, 0.3) is 0 Å². The minimum absolute atomic E-state index is 0.528. The van der Waals surface area contributed by atoms with Gasteiger partial charge in [0.05, 0.1) is 22.8 Å². The summed E-state index contributed by atoms with van der Waals surface area (Å²) in [6.45, 7) is 0.719. The van der Waals surface area contributed by atoms with Crippen molar-refractivity contribution in [1.82, 2.24) is 0 Å². The van der Waals surface area contributed by atoms with Gasteiger partial charge in [0.25, 0.3) is 0 Å². The predicted octanol–water partition coefficient (Wildman–Crippen LogP) is 4.24. The topological polar surface area (TPSA) is 47.3 Å². The molecule has 0 spiro atoms. The maximum Gasteiger partial charge on any atom is 0.119 e. The summed E-state index contributed by atoms with van der Waals surface area (Å²) in [7, 11) is 1.66. The molecular weight excluding hydrogens is 295 g/mol. The van der Waals surface area contributed by atoms with Crippen LogP contribution in [-0.2, 0) is 6.42 Å². The van der Waals surface area contributed by atoms with Crippen LogP contribution in [0.2, 0.25) is 10.0 Å². The lowest BCUT2D eigenvalue weighted by Gasteiger charge is -2.11. The van der Waals surface area contributed by atoms with Gasteiger partial charge >= 0.3 is 0 Å². The first-order chi connectivity index (χ1) is 9.60. The van der Waals surface area contributed by atoms with Gasteiger partial charge in [-0.3, -0.25) is 0 Å². The average molecular weight is 311 g/mol. The molecule has 0 radical (unpaired) electrons. The van der Waals surface area contributed by atoms with Gasteiger partial charge in [-0.25, -0.2) is 0 Å². The largest absolute Gasteiger partial charge is 0.497 e. The lowest BCUT2D eigenvalue weighted by Crippen LogP contribution is -2.06. The minimum atomic E-state index is 0.528. The first kappa shape index (κ1) is 14.8. The van der Waals surface area contributed by atoms with Crippen LogP contribution in [0.4, 0.5) is 11.4 Å². The van der Waals surface area contributed by atoms with E-state index >= 15 is 0 Å². The number of hydrogen-bond acceptors (Lipinski definition) is 3. The Morgan fingerprint density at radius 3 is 2.50 bits per heavy atom. The Morgan fingerprint density at radius 2 is 1.85 bits per heavy atom. The van der Waals surface area contributed by atoms with Gasteiger partial charge in [-0.05, 0) is 36.2 Å². The third kappa shape index (κ3) is 3.71. The normalized spacial score (nSPS) is 10.3. The summed E-state index contributed by atoms with van der Waals surface area (Å²) in [5, 5.41) is 4.29. The summed E-state index contributed by atoms with van der Waals surface area (Å²) in [6.07, 6.45) is 0.842. The molecule has 0 heterocycles. The Kier molecular flexibility index (Phi) is 4.99. The summed E-state index contributed by atoms with van der Waals surface area (Å²) in [5.41, 5.74) is 8.12. The van der Waals surface area contributed by atoms with Gasteiger partial charge in [0, 0.05) is 12.2 Å². The first-order valence-electron chi connectivity index (χ1n) is 6.21. The number of hydrogen-bond donors (Lipinski definition) is 2. The van der Waals surface area contributed by atoms with Crippen molar-refractivity contribution in [2.75, 3.05) is 24.7 Å². The van der Waals surface area contributed by atoms with E-state index in [0.29, 0.717) is 21.4 Å². The number of nitrogen functional groups attached to an aromatic ring is 1. The number of rotatable bonds is 5. The highest BCUT2D eigenvalue weighted by molar-refractivity contribution is 6.39. The molecule has 0 amide bonds. The van der Waals surface area contributed by atoms with Gasteiger partial charge in [0.1, 0.15) is 5.75 Å². The molecule has 0 saturated heterocycles. The van der Waals surface area contributed by atoms with Gasteiger partial charge in [0.2, 0.25) is 0 Å². The van der Waals surface area contributed by atoms with E-state index in [1.807, 2.05) is 18.2 Å². The van der Waals surface area contributed by atoms with Crippen LogP contribution in [0, 0.1) is 0 Å². The lowest BCUT2D eigenvalue weighted by atomic mass is 10.1. The molecule has 0 saturated carbocycles. The molecule has 2 aromatic rings. The van der Waals surface area contributed by atoms with Crippen LogP contribution in [0.1, 0.15) is 5.56 Å². The predicted molar refractivity (Wildman–Crippen MR) is 86.1 cm³/mol. The van der Waals surface area contributed by atoms with Crippen LogP contribution in [0.3, 0.4) is 0 Å². The smallest absolute Gasteiger partial charge is 0.119 e. The van der Waals surface area contributed by atoms with Crippen molar-refractivity contribution in [3.63, 3.8) is 0 Å². The van der Waals surface area contributed by atoms with Crippen molar-refractivity contribution in [1.29, 1.82) is 0 Å². The van der Waals surface area contributed by atoms with Gasteiger partial charge in [-0.15, -0.1) is 0 Å². The standard InChI is InChI=1S/C15H16Cl2N2O/c1-20-12-4-2-3-10(7-12)5-6-19-15-13(16)8-11(18)9-14(15)17/h2-4,7-9,19H,5-6,18H2,1H3. The van der Waals surface area contributed by atoms with E-state index in [-0.39, 0.29) is 0 Å². The summed E-state index contributed by atoms with van der Waals surface area (Å²) in [6, 6.07) is 11.3. The molecule has 0 bridgehead atoms. The quantitative estimate of drug-likeness (QED) is 0.812. The van der Waals surface area contributed by atoms with Gasteiger partial charge in [-0.1, -0.05) is 35.3 Å². The second-order valence-electron chi connectivity index (χ2n) is 4.39. The highest BCUT2D eigenvalue weighted by Gasteiger charge is 2.06. The number of halogens is 2. The molecule has 20 heavy (non-hydrogen) atoms. The molecule has 106 valence electrons. The number of ether oxygens (including phenoxy) is 1. The summed E-state index contributed by atoms with van der Waals surface area (Å²) < 4.78 is 5.19. The van der Waals surface area contributed by atoms with E-state index in [9.17, 15) is 0 Å². The van der Waals surface area contributed by atoms with Crippen molar-refractivity contribution < 1.29 is 4.74 Å². The molecular formula is C15H16Cl2N2O. The Hall–Kier alpha value is -1.58. The Bertz CT molecular complexity index is 579. The summed E-state index contributed by atoms with van der Waals surface area (Å²) in [4.78, 5) is 0. The molecule has 0 aliphatic heterocycles. The number of benzene rings is 2. The maximum atomic E-state index is 6.12. The highest BCUT2D eigenvalue weighted by atomic mass is 35.5. The molecule has 2 aromatic carbocycles. The summed E-state index contributed by atoms with van der Waals surface area (Å²) in [5.74, 6) is 0.853. The summed E-state index contributed by atoms with van der Waals surface area (Å²) >= 11 is 12.2.